The first-order chi connectivity index (χ1) is 11.3. The lowest BCUT2D eigenvalue weighted by molar-refractivity contribution is 0.174. The third kappa shape index (κ3) is 2.52. The van der Waals surface area contributed by atoms with Crippen molar-refractivity contribution in [3.8, 4) is 28.4 Å². The Balaban J connectivity index is 1.86. The zero-order valence-corrected chi connectivity index (χ0v) is 13.4. The van der Waals surface area contributed by atoms with Gasteiger partial charge in [-0.25, -0.2) is 4.68 Å². The number of hydrogen-bond donors (Lipinski definition) is 0. The molecule has 1 aliphatic heterocycles. The number of alkyl halides is 1. The van der Waals surface area contributed by atoms with Gasteiger partial charge in [0.2, 0.25) is 6.79 Å². The molecule has 1 aliphatic rings. The maximum atomic E-state index is 6.02. The van der Waals surface area contributed by atoms with Crippen molar-refractivity contribution in [2.75, 3.05) is 6.79 Å². The zero-order chi connectivity index (χ0) is 15.8. The van der Waals surface area contributed by atoms with E-state index in [-0.39, 0.29) is 12.7 Å². The fourth-order valence-electron chi connectivity index (χ4n) is 2.50. The highest BCUT2D eigenvalue weighted by Crippen LogP contribution is 2.35. The van der Waals surface area contributed by atoms with Crippen LogP contribution in [0.1, 0.15) is 5.69 Å². The van der Waals surface area contributed by atoms with E-state index >= 15 is 0 Å². The summed E-state index contributed by atoms with van der Waals surface area (Å²) in [6, 6.07) is 13.1. The number of benzene rings is 2. The van der Waals surface area contributed by atoms with Gasteiger partial charge in [0.05, 0.1) is 17.3 Å². The molecule has 5 nitrogen and oxygen atoms in total. The Morgan fingerprint density at radius 2 is 1.83 bits per heavy atom. The van der Waals surface area contributed by atoms with Crippen LogP contribution in [-0.2, 0) is 5.88 Å². The van der Waals surface area contributed by atoms with E-state index in [1.807, 2.05) is 42.5 Å². The lowest BCUT2D eigenvalue weighted by Crippen LogP contribution is -2.00. The lowest BCUT2D eigenvalue weighted by Gasteiger charge is -2.08. The Hall–Kier alpha value is -2.24. The van der Waals surface area contributed by atoms with Crippen LogP contribution in [0, 0.1) is 0 Å². The fourth-order valence-corrected chi connectivity index (χ4v) is 2.80. The number of nitrogens with zero attached hydrogens (tertiary/aromatic N) is 3. The second-order valence-electron chi connectivity index (χ2n) is 4.97. The molecule has 0 unspecified atom stereocenters. The largest absolute Gasteiger partial charge is 0.454 e. The highest BCUT2D eigenvalue weighted by Gasteiger charge is 2.19. The summed E-state index contributed by atoms with van der Waals surface area (Å²) >= 11 is 12.0. The minimum absolute atomic E-state index is 0.229. The van der Waals surface area contributed by atoms with Crippen LogP contribution in [0.5, 0.6) is 11.5 Å². The number of aromatic nitrogens is 3. The number of rotatable bonds is 3. The van der Waals surface area contributed by atoms with Gasteiger partial charge >= 0.3 is 0 Å². The van der Waals surface area contributed by atoms with Crippen molar-refractivity contribution in [1.82, 2.24) is 15.0 Å². The van der Waals surface area contributed by atoms with Gasteiger partial charge < -0.3 is 9.47 Å². The third-order valence-corrected chi connectivity index (χ3v) is 4.09. The third-order valence-electron chi connectivity index (χ3n) is 3.58. The monoisotopic (exact) mass is 347 g/mol. The first-order valence-electron chi connectivity index (χ1n) is 6.93. The summed E-state index contributed by atoms with van der Waals surface area (Å²) in [5.74, 6) is 1.68. The van der Waals surface area contributed by atoms with Gasteiger partial charge in [0, 0.05) is 16.7 Å². The van der Waals surface area contributed by atoms with Gasteiger partial charge in [0.15, 0.2) is 11.5 Å². The van der Waals surface area contributed by atoms with Crippen LogP contribution < -0.4 is 9.47 Å². The van der Waals surface area contributed by atoms with Crippen LogP contribution >= 0.6 is 23.2 Å². The lowest BCUT2D eigenvalue weighted by atomic mass is 10.1. The summed E-state index contributed by atoms with van der Waals surface area (Å²) in [5.41, 5.74) is 3.29. The molecule has 2 aromatic carbocycles. The molecular weight excluding hydrogens is 337 g/mol. The maximum Gasteiger partial charge on any atom is 0.231 e. The zero-order valence-electron chi connectivity index (χ0n) is 11.9. The molecule has 0 saturated carbocycles. The van der Waals surface area contributed by atoms with Crippen molar-refractivity contribution in [1.29, 1.82) is 0 Å². The molecule has 0 spiro atoms. The van der Waals surface area contributed by atoms with E-state index in [1.165, 1.54) is 0 Å². The van der Waals surface area contributed by atoms with Crippen LogP contribution in [0.15, 0.2) is 42.5 Å². The molecule has 0 amide bonds. The Labute approximate surface area is 142 Å². The van der Waals surface area contributed by atoms with Crippen molar-refractivity contribution < 1.29 is 9.47 Å². The standard InChI is InChI=1S/C16H11Cl2N3O2/c17-8-13-16(10-1-3-11(18)4-2-10)21(20-19-13)12-5-6-14-15(7-12)23-9-22-14/h1-7H,8-9H2. The number of fused-ring (bicyclic) bond motifs is 1. The molecule has 116 valence electrons. The minimum Gasteiger partial charge on any atom is -0.454 e. The van der Waals surface area contributed by atoms with Crippen molar-refractivity contribution in [2.45, 2.75) is 5.88 Å². The van der Waals surface area contributed by atoms with Gasteiger partial charge in [0.25, 0.3) is 0 Å². The Morgan fingerprint density at radius 3 is 2.61 bits per heavy atom. The predicted octanol–water partition coefficient (Wildman–Crippen LogP) is 4.06. The van der Waals surface area contributed by atoms with Crippen LogP contribution in [0.4, 0.5) is 0 Å². The normalized spacial score (nSPS) is 12.6. The van der Waals surface area contributed by atoms with Crippen LogP contribution in [0.2, 0.25) is 5.02 Å². The molecule has 7 heteroatoms. The molecule has 0 atom stereocenters. The van der Waals surface area contributed by atoms with E-state index in [0.29, 0.717) is 16.5 Å². The second-order valence-corrected chi connectivity index (χ2v) is 5.68. The average Bonchev–Trinajstić information content (AvgIpc) is 3.21. The SMILES string of the molecule is ClCc1nnn(-c2ccc3c(c2)OCO3)c1-c1ccc(Cl)cc1. The molecule has 0 N–H and O–H groups in total. The molecule has 3 aromatic rings. The first-order valence-corrected chi connectivity index (χ1v) is 7.84. The summed E-state index contributed by atoms with van der Waals surface area (Å²) in [7, 11) is 0. The molecule has 1 aromatic heterocycles. The highest BCUT2D eigenvalue weighted by molar-refractivity contribution is 6.30. The summed E-state index contributed by atoms with van der Waals surface area (Å²) in [6.45, 7) is 0.229. The van der Waals surface area contributed by atoms with E-state index in [9.17, 15) is 0 Å². The highest BCUT2D eigenvalue weighted by atomic mass is 35.5. The summed E-state index contributed by atoms with van der Waals surface area (Å²) in [5, 5.41) is 9.08. The molecule has 4 rings (SSSR count). The smallest absolute Gasteiger partial charge is 0.231 e. The molecule has 0 aliphatic carbocycles. The van der Waals surface area contributed by atoms with E-state index < -0.39 is 0 Å². The second kappa shape index (κ2) is 5.76. The number of hydrogen-bond acceptors (Lipinski definition) is 4. The molecular formula is C16H11Cl2N3O2. The van der Waals surface area contributed by atoms with Gasteiger partial charge in [-0.05, 0) is 24.3 Å². The van der Waals surface area contributed by atoms with Crippen molar-refractivity contribution in [3.63, 3.8) is 0 Å². The van der Waals surface area contributed by atoms with Crippen LogP contribution in [0.25, 0.3) is 16.9 Å². The van der Waals surface area contributed by atoms with Gasteiger partial charge in [-0.3, -0.25) is 0 Å². The van der Waals surface area contributed by atoms with Gasteiger partial charge in [-0.2, -0.15) is 0 Å². The van der Waals surface area contributed by atoms with Crippen molar-refractivity contribution >= 4 is 23.2 Å². The quantitative estimate of drug-likeness (QED) is 0.670. The van der Waals surface area contributed by atoms with E-state index in [0.717, 1.165) is 22.7 Å². The predicted molar refractivity (Wildman–Crippen MR) is 87.5 cm³/mol. The number of halogens is 2. The Bertz CT molecular complexity index is 862. The molecule has 0 bridgehead atoms. The first kappa shape index (κ1) is 14.4. The summed E-state index contributed by atoms with van der Waals surface area (Å²) < 4.78 is 12.5. The summed E-state index contributed by atoms with van der Waals surface area (Å²) in [6.07, 6.45) is 0. The van der Waals surface area contributed by atoms with Crippen molar-refractivity contribution in [2.24, 2.45) is 0 Å². The van der Waals surface area contributed by atoms with E-state index in [4.69, 9.17) is 32.7 Å². The van der Waals surface area contributed by atoms with Gasteiger partial charge in [-0.1, -0.05) is 28.9 Å². The summed E-state index contributed by atoms with van der Waals surface area (Å²) in [4.78, 5) is 0. The van der Waals surface area contributed by atoms with Crippen molar-refractivity contribution in [3.05, 3.63) is 53.2 Å². The molecule has 2 heterocycles. The fraction of sp³-hybridized carbons (Fsp3) is 0.125. The maximum absolute atomic E-state index is 6.02. The minimum atomic E-state index is 0.229. The Morgan fingerprint density at radius 1 is 1.04 bits per heavy atom. The van der Waals surface area contributed by atoms with Gasteiger partial charge in [-0.15, -0.1) is 16.7 Å². The number of ether oxygens (including phenoxy) is 2. The van der Waals surface area contributed by atoms with Crippen LogP contribution in [-0.4, -0.2) is 21.8 Å². The topological polar surface area (TPSA) is 49.2 Å². The molecule has 0 fully saturated rings. The van der Waals surface area contributed by atoms with E-state index in [1.54, 1.807) is 4.68 Å². The van der Waals surface area contributed by atoms with Gasteiger partial charge in [0.1, 0.15) is 5.69 Å². The molecule has 0 saturated heterocycles. The molecule has 0 radical (unpaired) electrons. The Kier molecular flexibility index (Phi) is 3.59. The average molecular weight is 348 g/mol. The molecule has 23 heavy (non-hydrogen) atoms. The van der Waals surface area contributed by atoms with Crippen LogP contribution in [0.3, 0.4) is 0 Å². The van der Waals surface area contributed by atoms with E-state index in [2.05, 4.69) is 10.3 Å².